The van der Waals surface area contributed by atoms with Gasteiger partial charge in [0.05, 0.1) is 6.54 Å². The summed E-state index contributed by atoms with van der Waals surface area (Å²) in [6.45, 7) is 5.07. The fourth-order valence-corrected chi connectivity index (χ4v) is 2.18. The third-order valence-electron chi connectivity index (χ3n) is 2.32. The highest BCUT2D eigenvalue weighted by atomic mass is 32.1. The Kier molecular flexibility index (Phi) is 3.73. The minimum absolute atomic E-state index is 0.591. The fraction of sp³-hybridized carbons (Fsp3) is 0.545. The lowest BCUT2D eigenvalue weighted by Gasteiger charge is -2.12. The van der Waals surface area contributed by atoms with E-state index in [1.165, 1.54) is 11.5 Å². The number of rotatable bonds is 5. The van der Waals surface area contributed by atoms with Gasteiger partial charge in [0.25, 0.3) is 0 Å². The molecular weight excluding hydrogens is 234 g/mol. The molecule has 0 amide bonds. The normalized spacial score (nSPS) is 11.1. The Bertz CT molecular complexity index is 448. The van der Waals surface area contributed by atoms with E-state index in [0.717, 1.165) is 29.7 Å². The SMILES string of the molecule is CC(C)Cc1nsc(N(C)Cc2ncc[nH]2)n1. The van der Waals surface area contributed by atoms with Gasteiger partial charge in [0.1, 0.15) is 11.6 Å². The highest BCUT2D eigenvalue weighted by Gasteiger charge is 2.10. The third-order valence-corrected chi connectivity index (χ3v) is 3.18. The predicted octanol–water partition coefficient (Wildman–Crippen LogP) is 2.10. The van der Waals surface area contributed by atoms with Crippen LogP contribution in [0.25, 0.3) is 0 Å². The van der Waals surface area contributed by atoms with E-state index in [1.54, 1.807) is 6.20 Å². The van der Waals surface area contributed by atoms with Crippen molar-refractivity contribution in [3.8, 4) is 0 Å². The second-order valence-corrected chi connectivity index (χ2v) is 5.21. The zero-order valence-electron chi connectivity index (χ0n) is 10.3. The summed E-state index contributed by atoms with van der Waals surface area (Å²) in [7, 11) is 2.00. The molecule has 6 heteroatoms. The number of anilines is 1. The first-order chi connectivity index (χ1) is 8.15. The Morgan fingerprint density at radius 2 is 2.29 bits per heavy atom. The lowest BCUT2D eigenvalue weighted by molar-refractivity contribution is 0.626. The zero-order valence-corrected chi connectivity index (χ0v) is 11.2. The maximum absolute atomic E-state index is 4.52. The van der Waals surface area contributed by atoms with E-state index in [0.29, 0.717) is 5.92 Å². The zero-order chi connectivity index (χ0) is 12.3. The molecule has 0 aromatic carbocycles. The van der Waals surface area contributed by atoms with Gasteiger partial charge < -0.3 is 9.88 Å². The van der Waals surface area contributed by atoms with Crippen molar-refractivity contribution in [2.75, 3.05) is 11.9 Å². The van der Waals surface area contributed by atoms with Gasteiger partial charge in [-0.15, -0.1) is 0 Å². The van der Waals surface area contributed by atoms with Crippen LogP contribution >= 0.6 is 11.5 Å². The van der Waals surface area contributed by atoms with Gasteiger partial charge in [0.2, 0.25) is 5.13 Å². The maximum Gasteiger partial charge on any atom is 0.205 e. The first-order valence-corrected chi connectivity index (χ1v) is 6.44. The van der Waals surface area contributed by atoms with Crippen molar-refractivity contribution < 1.29 is 0 Å². The van der Waals surface area contributed by atoms with E-state index in [4.69, 9.17) is 0 Å². The van der Waals surface area contributed by atoms with Crippen molar-refractivity contribution in [2.24, 2.45) is 5.92 Å². The summed E-state index contributed by atoms with van der Waals surface area (Å²) in [5, 5.41) is 0.942. The molecule has 5 nitrogen and oxygen atoms in total. The molecular formula is C11H17N5S. The van der Waals surface area contributed by atoms with Gasteiger partial charge in [-0.3, -0.25) is 0 Å². The van der Waals surface area contributed by atoms with Crippen LogP contribution in [-0.2, 0) is 13.0 Å². The van der Waals surface area contributed by atoms with E-state index in [1.807, 2.05) is 13.2 Å². The van der Waals surface area contributed by atoms with Crippen LogP contribution in [0.2, 0.25) is 0 Å². The van der Waals surface area contributed by atoms with Crippen LogP contribution < -0.4 is 4.90 Å². The van der Waals surface area contributed by atoms with Crippen molar-refractivity contribution in [2.45, 2.75) is 26.8 Å². The van der Waals surface area contributed by atoms with Gasteiger partial charge in [-0.2, -0.15) is 4.37 Å². The summed E-state index contributed by atoms with van der Waals surface area (Å²) in [6.07, 6.45) is 4.52. The van der Waals surface area contributed by atoms with Crippen molar-refractivity contribution in [3.63, 3.8) is 0 Å². The van der Waals surface area contributed by atoms with Crippen LogP contribution in [0.4, 0.5) is 5.13 Å². The summed E-state index contributed by atoms with van der Waals surface area (Å²) in [4.78, 5) is 13.9. The van der Waals surface area contributed by atoms with Crippen molar-refractivity contribution in [1.82, 2.24) is 19.3 Å². The van der Waals surface area contributed by atoms with Gasteiger partial charge in [0.15, 0.2) is 0 Å². The number of aromatic amines is 1. The van der Waals surface area contributed by atoms with Gasteiger partial charge >= 0.3 is 0 Å². The smallest absolute Gasteiger partial charge is 0.205 e. The second kappa shape index (κ2) is 5.27. The van der Waals surface area contributed by atoms with Gasteiger partial charge in [0, 0.05) is 37.4 Å². The number of hydrogen-bond acceptors (Lipinski definition) is 5. The number of aromatic nitrogens is 4. The molecule has 0 bridgehead atoms. The molecule has 2 aromatic rings. The first-order valence-electron chi connectivity index (χ1n) is 5.67. The van der Waals surface area contributed by atoms with E-state index in [-0.39, 0.29) is 0 Å². The third kappa shape index (κ3) is 3.26. The molecule has 0 saturated carbocycles. The van der Waals surface area contributed by atoms with E-state index in [9.17, 15) is 0 Å². The Morgan fingerprint density at radius 3 is 2.94 bits per heavy atom. The van der Waals surface area contributed by atoms with Crippen LogP contribution in [-0.4, -0.2) is 26.4 Å². The molecule has 2 heterocycles. The van der Waals surface area contributed by atoms with Crippen LogP contribution in [0.1, 0.15) is 25.5 Å². The van der Waals surface area contributed by atoms with Crippen molar-refractivity contribution >= 4 is 16.7 Å². The highest BCUT2D eigenvalue weighted by molar-refractivity contribution is 7.09. The van der Waals surface area contributed by atoms with Crippen LogP contribution in [0.15, 0.2) is 12.4 Å². The summed E-state index contributed by atoms with van der Waals surface area (Å²) >= 11 is 1.44. The molecule has 92 valence electrons. The molecule has 17 heavy (non-hydrogen) atoms. The Hall–Kier alpha value is -1.43. The molecule has 0 aliphatic rings. The largest absolute Gasteiger partial charge is 0.347 e. The molecule has 2 rings (SSSR count). The first kappa shape index (κ1) is 12.0. The lowest BCUT2D eigenvalue weighted by Crippen LogP contribution is -2.17. The fourth-order valence-electron chi connectivity index (χ4n) is 1.52. The molecule has 0 aliphatic heterocycles. The molecule has 1 N–H and O–H groups in total. The molecule has 2 aromatic heterocycles. The van der Waals surface area contributed by atoms with E-state index < -0.39 is 0 Å². The molecule has 0 unspecified atom stereocenters. The average Bonchev–Trinajstić information content (AvgIpc) is 2.87. The van der Waals surface area contributed by atoms with Gasteiger partial charge in [-0.05, 0) is 5.92 Å². The minimum atomic E-state index is 0.591. The highest BCUT2D eigenvalue weighted by Crippen LogP contribution is 2.18. The number of hydrogen-bond donors (Lipinski definition) is 1. The minimum Gasteiger partial charge on any atom is -0.347 e. The topological polar surface area (TPSA) is 57.7 Å². The standard InChI is InChI=1S/C11H17N5S/c1-8(2)6-9-14-11(17-15-9)16(3)7-10-12-4-5-13-10/h4-5,8H,6-7H2,1-3H3,(H,12,13). The number of H-pyrrole nitrogens is 1. The Labute approximate surface area is 105 Å². The summed E-state index contributed by atoms with van der Waals surface area (Å²) in [5.74, 6) is 2.47. The Morgan fingerprint density at radius 1 is 1.47 bits per heavy atom. The quantitative estimate of drug-likeness (QED) is 0.884. The molecule has 0 spiro atoms. The molecule has 0 atom stereocenters. The average molecular weight is 251 g/mol. The molecule has 0 saturated heterocycles. The summed E-state index contributed by atoms with van der Waals surface area (Å²) in [6, 6.07) is 0. The Balaban J connectivity index is 1.99. The molecule has 0 fully saturated rings. The number of nitrogens with zero attached hydrogens (tertiary/aromatic N) is 4. The van der Waals surface area contributed by atoms with Crippen LogP contribution in [0.5, 0.6) is 0 Å². The summed E-state index contributed by atoms with van der Waals surface area (Å²) in [5.41, 5.74) is 0. The maximum atomic E-state index is 4.52. The molecule has 0 radical (unpaired) electrons. The van der Waals surface area contributed by atoms with Crippen molar-refractivity contribution in [3.05, 3.63) is 24.0 Å². The van der Waals surface area contributed by atoms with Crippen LogP contribution in [0.3, 0.4) is 0 Å². The van der Waals surface area contributed by atoms with Gasteiger partial charge in [-0.25, -0.2) is 9.97 Å². The second-order valence-electron chi connectivity index (χ2n) is 4.48. The van der Waals surface area contributed by atoms with E-state index >= 15 is 0 Å². The number of imidazole rings is 1. The predicted molar refractivity (Wildman–Crippen MR) is 69.1 cm³/mol. The van der Waals surface area contributed by atoms with Crippen molar-refractivity contribution in [1.29, 1.82) is 0 Å². The molecule has 0 aliphatic carbocycles. The van der Waals surface area contributed by atoms with Crippen LogP contribution in [0, 0.1) is 5.92 Å². The van der Waals surface area contributed by atoms with E-state index in [2.05, 4.69) is 38.1 Å². The summed E-state index contributed by atoms with van der Waals surface area (Å²) < 4.78 is 4.36. The van der Waals surface area contributed by atoms with Gasteiger partial charge in [-0.1, -0.05) is 13.8 Å². The monoisotopic (exact) mass is 251 g/mol. The number of nitrogens with one attached hydrogen (secondary N) is 1. The lowest BCUT2D eigenvalue weighted by atomic mass is 10.1.